The summed E-state index contributed by atoms with van der Waals surface area (Å²) in [6.07, 6.45) is 0. The highest BCUT2D eigenvalue weighted by molar-refractivity contribution is 9.10. The lowest BCUT2D eigenvalue weighted by Crippen LogP contribution is -2.10. The second kappa shape index (κ2) is 6.50. The van der Waals surface area contributed by atoms with Crippen molar-refractivity contribution in [2.45, 2.75) is 0 Å². The van der Waals surface area contributed by atoms with Crippen LogP contribution in [0.5, 0.6) is 0 Å². The molecule has 0 aliphatic heterocycles. The summed E-state index contributed by atoms with van der Waals surface area (Å²) in [5.74, 6) is 0. The fourth-order valence-corrected chi connectivity index (χ4v) is 3.50. The minimum absolute atomic E-state index is 1.11. The van der Waals surface area contributed by atoms with Crippen LogP contribution in [0.2, 0.25) is 0 Å². The molecule has 116 valence electrons. The number of para-hydroxylation sites is 2. The molecular formula is C22H16BrN. The van der Waals surface area contributed by atoms with Crippen molar-refractivity contribution in [3.63, 3.8) is 0 Å². The van der Waals surface area contributed by atoms with Gasteiger partial charge in [0.25, 0.3) is 0 Å². The van der Waals surface area contributed by atoms with Gasteiger partial charge in [-0.2, -0.15) is 0 Å². The average Bonchev–Trinajstić information content (AvgIpc) is 2.66. The van der Waals surface area contributed by atoms with E-state index in [-0.39, 0.29) is 0 Å². The fraction of sp³-hybridized carbons (Fsp3) is 0. The number of benzene rings is 4. The Morgan fingerprint density at radius 2 is 1.00 bits per heavy atom. The first-order chi connectivity index (χ1) is 11.8. The number of hydrogen-bond acceptors (Lipinski definition) is 1. The van der Waals surface area contributed by atoms with Crippen LogP contribution in [-0.4, -0.2) is 0 Å². The number of fused-ring (bicyclic) bond motifs is 1. The Morgan fingerprint density at radius 1 is 0.500 bits per heavy atom. The predicted octanol–water partition coefficient (Wildman–Crippen LogP) is 7.07. The molecule has 0 fully saturated rings. The van der Waals surface area contributed by atoms with Crippen LogP contribution in [0, 0.1) is 0 Å². The van der Waals surface area contributed by atoms with Gasteiger partial charge in [0.15, 0.2) is 0 Å². The first-order valence-corrected chi connectivity index (χ1v) is 8.71. The molecule has 4 rings (SSSR count). The second-order valence-electron chi connectivity index (χ2n) is 5.62. The first-order valence-electron chi connectivity index (χ1n) is 7.92. The third-order valence-electron chi connectivity index (χ3n) is 4.12. The zero-order valence-electron chi connectivity index (χ0n) is 13.1. The smallest absolute Gasteiger partial charge is 0.0540 e. The van der Waals surface area contributed by atoms with Crippen molar-refractivity contribution in [2.24, 2.45) is 0 Å². The topological polar surface area (TPSA) is 3.24 Å². The molecule has 0 radical (unpaired) electrons. The Balaban J connectivity index is 2.00. The normalized spacial score (nSPS) is 10.7. The van der Waals surface area contributed by atoms with Crippen molar-refractivity contribution in [3.05, 3.63) is 102 Å². The molecule has 0 heterocycles. The van der Waals surface area contributed by atoms with Crippen LogP contribution in [0.4, 0.5) is 17.1 Å². The van der Waals surface area contributed by atoms with Crippen molar-refractivity contribution in [1.29, 1.82) is 0 Å². The minimum atomic E-state index is 1.11. The maximum atomic E-state index is 3.67. The molecular weight excluding hydrogens is 358 g/mol. The molecule has 0 amide bonds. The lowest BCUT2D eigenvalue weighted by Gasteiger charge is -2.27. The summed E-state index contributed by atoms with van der Waals surface area (Å²) in [6.45, 7) is 0. The molecule has 0 N–H and O–H groups in total. The van der Waals surface area contributed by atoms with E-state index in [4.69, 9.17) is 0 Å². The van der Waals surface area contributed by atoms with Gasteiger partial charge in [-0.1, -0.05) is 76.6 Å². The highest BCUT2D eigenvalue weighted by atomic mass is 79.9. The summed E-state index contributed by atoms with van der Waals surface area (Å²) >= 11 is 3.67. The van der Waals surface area contributed by atoms with E-state index in [1.54, 1.807) is 0 Å². The van der Waals surface area contributed by atoms with E-state index in [1.165, 1.54) is 16.5 Å². The van der Waals surface area contributed by atoms with Crippen molar-refractivity contribution >= 4 is 43.8 Å². The summed E-state index contributed by atoms with van der Waals surface area (Å²) in [5.41, 5.74) is 3.47. The summed E-state index contributed by atoms with van der Waals surface area (Å²) in [4.78, 5) is 2.30. The largest absolute Gasteiger partial charge is 0.310 e. The molecule has 4 aromatic rings. The zero-order chi connectivity index (χ0) is 16.4. The van der Waals surface area contributed by atoms with Crippen molar-refractivity contribution < 1.29 is 0 Å². The van der Waals surface area contributed by atoms with Gasteiger partial charge in [-0.05, 0) is 41.8 Å². The van der Waals surface area contributed by atoms with Gasteiger partial charge in [0, 0.05) is 21.2 Å². The number of hydrogen-bond donors (Lipinski definition) is 0. The Kier molecular flexibility index (Phi) is 4.06. The molecule has 24 heavy (non-hydrogen) atoms. The summed E-state index contributed by atoms with van der Waals surface area (Å²) in [6, 6.07) is 33.8. The van der Waals surface area contributed by atoms with Crippen LogP contribution in [0.1, 0.15) is 0 Å². The second-order valence-corrected chi connectivity index (χ2v) is 6.47. The summed E-state index contributed by atoms with van der Waals surface area (Å²) in [5, 5.41) is 2.44. The molecule has 4 aromatic carbocycles. The van der Waals surface area contributed by atoms with Gasteiger partial charge in [0.1, 0.15) is 0 Å². The lowest BCUT2D eigenvalue weighted by atomic mass is 10.1. The first kappa shape index (κ1) is 15.0. The molecule has 0 saturated carbocycles. The van der Waals surface area contributed by atoms with Crippen LogP contribution < -0.4 is 4.90 Å². The fourth-order valence-electron chi connectivity index (χ4n) is 3.02. The Hall–Kier alpha value is -2.58. The SMILES string of the molecule is Brc1ccc(N(c2ccccc2)c2ccccc2)c2ccccc12. The van der Waals surface area contributed by atoms with E-state index in [1.807, 2.05) is 12.1 Å². The lowest BCUT2D eigenvalue weighted by molar-refractivity contribution is 1.30. The quantitative estimate of drug-likeness (QED) is 0.371. The molecule has 0 unspecified atom stereocenters. The highest BCUT2D eigenvalue weighted by Crippen LogP contribution is 2.40. The van der Waals surface area contributed by atoms with Crippen LogP contribution in [0.3, 0.4) is 0 Å². The van der Waals surface area contributed by atoms with Crippen LogP contribution >= 0.6 is 15.9 Å². The van der Waals surface area contributed by atoms with E-state index in [2.05, 4.69) is 106 Å². The Bertz CT molecular complexity index is 925. The molecule has 0 bridgehead atoms. The number of halogens is 1. The summed E-state index contributed by atoms with van der Waals surface area (Å²) < 4.78 is 1.11. The predicted molar refractivity (Wildman–Crippen MR) is 106 cm³/mol. The van der Waals surface area contributed by atoms with E-state index in [0.29, 0.717) is 0 Å². The molecule has 0 spiro atoms. The van der Waals surface area contributed by atoms with Gasteiger partial charge >= 0.3 is 0 Å². The minimum Gasteiger partial charge on any atom is -0.310 e. The van der Waals surface area contributed by atoms with Gasteiger partial charge in [0.05, 0.1) is 5.69 Å². The van der Waals surface area contributed by atoms with Crippen molar-refractivity contribution in [3.8, 4) is 0 Å². The van der Waals surface area contributed by atoms with Gasteiger partial charge in [0.2, 0.25) is 0 Å². The van der Waals surface area contributed by atoms with Gasteiger partial charge in [-0.15, -0.1) is 0 Å². The molecule has 0 atom stereocenters. The third kappa shape index (κ3) is 2.70. The standard InChI is InChI=1S/C22H16BrN/c23-21-15-16-22(20-14-8-7-13-19(20)21)24(17-9-3-1-4-10-17)18-11-5-2-6-12-18/h1-16H. The van der Waals surface area contributed by atoms with Crippen molar-refractivity contribution in [2.75, 3.05) is 4.90 Å². The Labute approximate surface area is 150 Å². The molecule has 2 heteroatoms. The van der Waals surface area contributed by atoms with Crippen LogP contribution in [0.15, 0.2) is 102 Å². The van der Waals surface area contributed by atoms with Gasteiger partial charge in [-0.3, -0.25) is 0 Å². The monoisotopic (exact) mass is 373 g/mol. The molecule has 0 aliphatic carbocycles. The zero-order valence-corrected chi connectivity index (χ0v) is 14.6. The molecule has 0 aromatic heterocycles. The van der Waals surface area contributed by atoms with Gasteiger partial charge in [-0.25, -0.2) is 0 Å². The Morgan fingerprint density at radius 3 is 1.58 bits per heavy atom. The molecule has 0 aliphatic rings. The van der Waals surface area contributed by atoms with Gasteiger partial charge < -0.3 is 4.90 Å². The van der Waals surface area contributed by atoms with E-state index in [9.17, 15) is 0 Å². The van der Waals surface area contributed by atoms with Crippen molar-refractivity contribution in [1.82, 2.24) is 0 Å². The maximum Gasteiger partial charge on any atom is 0.0540 e. The third-order valence-corrected chi connectivity index (χ3v) is 4.81. The van der Waals surface area contributed by atoms with E-state index < -0.39 is 0 Å². The number of nitrogens with zero attached hydrogens (tertiary/aromatic N) is 1. The molecule has 1 nitrogen and oxygen atoms in total. The number of rotatable bonds is 3. The number of anilines is 3. The average molecular weight is 374 g/mol. The summed E-state index contributed by atoms with van der Waals surface area (Å²) in [7, 11) is 0. The maximum absolute atomic E-state index is 3.67. The van der Waals surface area contributed by atoms with Crippen LogP contribution in [-0.2, 0) is 0 Å². The van der Waals surface area contributed by atoms with Crippen LogP contribution in [0.25, 0.3) is 10.8 Å². The van der Waals surface area contributed by atoms with E-state index >= 15 is 0 Å². The molecule has 0 saturated heterocycles. The van der Waals surface area contributed by atoms with E-state index in [0.717, 1.165) is 15.8 Å². The highest BCUT2D eigenvalue weighted by Gasteiger charge is 2.15.